The van der Waals surface area contributed by atoms with E-state index >= 15 is 0 Å². The average molecular weight is 1130 g/mol. The van der Waals surface area contributed by atoms with Crippen LogP contribution in [0.3, 0.4) is 0 Å². The highest BCUT2D eigenvalue weighted by Crippen LogP contribution is 2.15. The number of hydrogen-bond acceptors (Lipinski definition) is 5. The Kier molecular flexibility index (Phi) is 66.0. The third-order valence-corrected chi connectivity index (χ3v) is 13.7. The number of ether oxygens (including phenoxy) is 2. The van der Waals surface area contributed by atoms with Crippen LogP contribution in [0, 0.1) is 0 Å². The Morgan fingerprint density at radius 2 is 0.488 bits per heavy atom. The first-order valence-corrected chi connectivity index (χ1v) is 33.3. The van der Waals surface area contributed by atoms with Gasteiger partial charge >= 0.3 is 11.9 Å². The standard InChI is InChI=1S/C77H122O5/c1-3-5-7-9-11-13-15-17-19-21-23-25-27-29-31-33-35-37-38-40-42-44-46-48-50-52-54-56-58-60-62-64-66-68-70-72-77(80)82-75(73-78)74-81-76(79)71-69-67-65-63-61-59-57-55-53-51-49-47-45-43-41-39-36-34-32-30-28-26-24-22-20-18-16-14-12-10-8-6-4-2/h5-8,11-14,17-20,23-26,29-32,35-37,39-40,42-43,45-46,48,75,78H,3-4,9-10,15-16,21-22,27-28,33-34,38,41,44,47,49-74H2,1-2H3/b7-5-,8-6-,13-11-,14-12-,19-17-,20-18-,25-23-,26-24-,31-29-,32-30-,37-35-,39-36-,42-40-,45-43-,48-46-. The predicted molar refractivity (Wildman–Crippen MR) is 361 cm³/mol. The number of carbonyl (C=O) groups excluding carboxylic acids is 2. The Labute approximate surface area is 505 Å². The monoisotopic (exact) mass is 1130 g/mol. The number of allylic oxidation sites excluding steroid dienone is 30. The van der Waals surface area contributed by atoms with E-state index in [0.29, 0.717) is 12.8 Å². The summed E-state index contributed by atoms with van der Waals surface area (Å²) in [6, 6.07) is 0. The fourth-order valence-corrected chi connectivity index (χ4v) is 8.79. The molecule has 82 heavy (non-hydrogen) atoms. The third kappa shape index (κ3) is 67.5. The fraction of sp³-hybridized carbons (Fsp3) is 0.584. The number of aliphatic hydroxyl groups excluding tert-OH is 1. The van der Waals surface area contributed by atoms with E-state index in [2.05, 4.69) is 196 Å². The molecule has 0 amide bonds. The SMILES string of the molecule is CC/C=C\C/C=C\C/C=C\C/C=C\C/C=C\C/C=C\C/C=C\C/C=C\CCCCCCCCCCCCC(=O)OC(CO)COC(=O)CCCCCCCCCCCCC/C=C\C/C=C\C/C=C\C/C=C\C/C=C\C/C=C\C/C=C\CC. The van der Waals surface area contributed by atoms with Gasteiger partial charge in [0.05, 0.1) is 6.61 Å². The van der Waals surface area contributed by atoms with Crippen LogP contribution in [0.25, 0.3) is 0 Å². The second-order valence-corrected chi connectivity index (χ2v) is 21.4. The number of aliphatic hydroxyl groups is 1. The molecule has 0 aromatic rings. The van der Waals surface area contributed by atoms with Gasteiger partial charge in [-0.05, 0) is 135 Å². The molecule has 0 aromatic carbocycles. The maximum absolute atomic E-state index is 12.4. The van der Waals surface area contributed by atoms with Crippen LogP contribution in [0.5, 0.6) is 0 Å². The van der Waals surface area contributed by atoms with E-state index in [1.54, 1.807) is 0 Å². The van der Waals surface area contributed by atoms with Gasteiger partial charge in [-0.1, -0.05) is 305 Å². The molecule has 0 fully saturated rings. The molecule has 0 heterocycles. The van der Waals surface area contributed by atoms with Crippen molar-refractivity contribution >= 4 is 11.9 Å². The van der Waals surface area contributed by atoms with E-state index in [1.807, 2.05) is 0 Å². The lowest BCUT2D eigenvalue weighted by molar-refractivity contribution is -0.161. The summed E-state index contributed by atoms with van der Waals surface area (Å²) in [6.45, 7) is 3.91. The van der Waals surface area contributed by atoms with Crippen LogP contribution in [0.2, 0.25) is 0 Å². The van der Waals surface area contributed by atoms with E-state index < -0.39 is 6.10 Å². The molecule has 0 aliphatic rings. The van der Waals surface area contributed by atoms with Gasteiger partial charge in [0.25, 0.3) is 0 Å². The zero-order valence-corrected chi connectivity index (χ0v) is 52.7. The largest absolute Gasteiger partial charge is 0.462 e. The molecule has 0 spiro atoms. The number of hydrogen-bond donors (Lipinski definition) is 1. The van der Waals surface area contributed by atoms with Crippen molar-refractivity contribution in [2.75, 3.05) is 13.2 Å². The quantitative estimate of drug-likeness (QED) is 0.0373. The van der Waals surface area contributed by atoms with Gasteiger partial charge < -0.3 is 14.6 Å². The summed E-state index contributed by atoms with van der Waals surface area (Å²) in [6.07, 6.45) is 110. The van der Waals surface area contributed by atoms with Crippen molar-refractivity contribution in [2.24, 2.45) is 0 Å². The van der Waals surface area contributed by atoms with Crippen molar-refractivity contribution in [2.45, 2.75) is 277 Å². The molecule has 460 valence electrons. The molecule has 5 nitrogen and oxygen atoms in total. The Morgan fingerprint density at radius 1 is 0.280 bits per heavy atom. The first-order valence-electron chi connectivity index (χ1n) is 33.3. The van der Waals surface area contributed by atoms with E-state index in [4.69, 9.17) is 9.47 Å². The summed E-state index contributed by atoms with van der Waals surface area (Å²) in [4.78, 5) is 24.6. The molecular weight excluding hydrogens is 1000 g/mol. The van der Waals surface area contributed by atoms with Crippen molar-refractivity contribution < 1.29 is 24.2 Å². The van der Waals surface area contributed by atoms with Crippen LogP contribution >= 0.6 is 0 Å². The molecule has 0 aromatic heterocycles. The van der Waals surface area contributed by atoms with Crippen molar-refractivity contribution in [3.05, 3.63) is 182 Å². The lowest BCUT2D eigenvalue weighted by Gasteiger charge is -2.15. The predicted octanol–water partition coefficient (Wildman–Crippen LogP) is 23.4. The minimum absolute atomic E-state index is 0.0794. The second kappa shape index (κ2) is 70.3. The highest BCUT2D eigenvalue weighted by atomic mass is 16.6. The summed E-state index contributed by atoms with van der Waals surface area (Å²) in [5.74, 6) is -0.607. The summed E-state index contributed by atoms with van der Waals surface area (Å²) >= 11 is 0. The van der Waals surface area contributed by atoms with Crippen molar-refractivity contribution in [3.8, 4) is 0 Å². The van der Waals surface area contributed by atoms with E-state index in [9.17, 15) is 14.7 Å². The molecule has 0 saturated heterocycles. The minimum atomic E-state index is -0.791. The molecule has 0 radical (unpaired) electrons. The summed E-state index contributed by atoms with van der Waals surface area (Å²) in [7, 11) is 0. The molecule has 0 bridgehead atoms. The third-order valence-electron chi connectivity index (χ3n) is 13.7. The maximum atomic E-state index is 12.4. The van der Waals surface area contributed by atoms with Crippen molar-refractivity contribution in [3.63, 3.8) is 0 Å². The van der Waals surface area contributed by atoms with E-state index in [1.165, 1.54) is 109 Å². The number of carbonyl (C=O) groups is 2. The van der Waals surface area contributed by atoms with Crippen molar-refractivity contribution in [1.82, 2.24) is 0 Å². The molecule has 0 saturated carbocycles. The lowest BCUT2D eigenvalue weighted by Crippen LogP contribution is -2.28. The number of unbranched alkanes of at least 4 members (excludes halogenated alkanes) is 21. The van der Waals surface area contributed by atoms with E-state index in [-0.39, 0.29) is 25.2 Å². The molecule has 5 heteroatoms. The van der Waals surface area contributed by atoms with Gasteiger partial charge in [0.1, 0.15) is 6.61 Å². The van der Waals surface area contributed by atoms with Crippen LogP contribution < -0.4 is 0 Å². The first kappa shape index (κ1) is 77.0. The van der Waals surface area contributed by atoms with Crippen LogP contribution in [0.4, 0.5) is 0 Å². The number of esters is 2. The zero-order valence-electron chi connectivity index (χ0n) is 52.7. The zero-order chi connectivity index (χ0) is 59.1. The molecule has 1 N–H and O–H groups in total. The normalized spacial score (nSPS) is 13.5. The summed E-state index contributed by atoms with van der Waals surface area (Å²) in [5.41, 5.74) is 0. The highest BCUT2D eigenvalue weighted by Gasteiger charge is 2.16. The smallest absolute Gasteiger partial charge is 0.306 e. The van der Waals surface area contributed by atoms with Gasteiger partial charge in [-0.25, -0.2) is 0 Å². The molecule has 1 unspecified atom stereocenters. The lowest BCUT2D eigenvalue weighted by atomic mass is 10.0. The maximum Gasteiger partial charge on any atom is 0.306 e. The molecular formula is C77H122O5. The van der Waals surface area contributed by atoms with Crippen LogP contribution in [-0.2, 0) is 19.1 Å². The van der Waals surface area contributed by atoms with Gasteiger partial charge in [0, 0.05) is 12.8 Å². The fourth-order valence-electron chi connectivity index (χ4n) is 8.79. The van der Waals surface area contributed by atoms with Crippen LogP contribution in [-0.4, -0.2) is 36.4 Å². The molecule has 0 rings (SSSR count). The summed E-state index contributed by atoms with van der Waals surface area (Å²) < 4.78 is 10.7. The highest BCUT2D eigenvalue weighted by molar-refractivity contribution is 5.70. The van der Waals surface area contributed by atoms with E-state index in [0.717, 1.165) is 135 Å². The first-order chi connectivity index (χ1) is 40.6. The van der Waals surface area contributed by atoms with Crippen LogP contribution in [0.1, 0.15) is 271 Å². The Hall–Kier alpha value is -5.00. The van der Waals surface area contributed by atoms with Gasteiger partial charge in [0.2, 0.25) is 0 Å². The Bertz CT molecular complexity index is 1850. The topological polar surface area (TPSA) is 72.8 Å². The Morgan fingerprint density at radius 3 is 0.732 bits per heavy atom. The average Bonchev–Trinajstić information content (AvgIpc) is 3.49. The van der Waals surface area contributed by atoms with Gasteiger partial charge in [-0.3, -0.25) is 9.59 Å². The molecule has 0 aliphatic heterocycles. The molecule has 0 aliphatic carbocycles. The van der Waals surface area contributed by atoms with Gasteiger partial charge in [0.15, 0.2) is 6.10 Å². The second-order valence-electron chi connectivity index (χ2n) is 21.4. The van der Waals surface area contributed by atoms with Crippen LogP contribution in [0.15, 0.2) is 182 Å². The van der Waals surface area contributed by atoms with Gasteiger partial charge in [-0.15, -0.1) is 0 Å². The number of rotatable bonds is 59. The molecule has 1 atom stereocenters. The van der Waals surface area contributed by atoms with Crippen molar-refractivity contribution in [1.29, 1.82) is 0 Å². The van der Waals surface area contributed by atoms with Gasteiger partial charge in [-0.2, -0.15) is 0 Å². The summed E-state index contributed by atoms with van der Waals surface area (Å²) in [5, 5.41) is 9.70. The minimum Gasteiger partial charge on any atom is -0.462 e. The Balaban J connectivity index is 3.57.